The molecule has 0 amide bonds. The van der Waals surface area contributed by atoms with Gasteiger partial charge in [0.15, 0.2) is 0 Å². The zero-order chi connectivity index (χ0) is 24.2. The Balaban J connectivity index is 0.000000688. The number of hydrogen-bond acceptors (Lipinski definition) is 0. The molecule has 0 saturated carbocycles. The summed E-state index contributed by atoms with van der Waals surface area (Å²) in [6.07, 6.45) is 1.03. The number of benzene rings is 3. The van der Waals surface area contributed by atoms with Crippen LogP contribution in [0.3, 0.4) is 0 Å². The molecule has 0 unspecified atom stereocenters. The van der Waals surface area contributed by atoms with Gasteiger partial charge in [-0.05, 0) is 17.4 Å². The first-order valence-electron chi connectivity index (χ1n) is 12.1. The van der Waals surface area contributed by atoms with E-state index in [0.717, 1.165) is 15.9 Å². The van der Waals surface area contributed by atoms with Crippen molar-refractivity contribution in [3.05, 3.63) is 101 Å². The maximum absolute atomic E-state index is 3.53. The Hall–Kier alpha value is -1.05. The third-order valence-corrected chi connectivity index (χ3v) is 6.07. The Kier molecular flexibility index (Phi) is 14.3. The first kappa shape index (κ1) is 35.0. The van der Waals surface area contributed by atoms with Gasteiger partial charge in [-0.3, -0.25) is 0 Å². The summed E-state index contributed by atoms with van der Waals surface area (Å²) in [4.78, 5) is 0. The number of halogens is 2. The smallest absolute Gasteiger partial charge is 1.00 e. The normalized spacial score (nSPS) is 11.2. The topological polar surface area (TPSA) is 0 Å². The van der Waals surface area contributed by atoms with Crippen molar-refractivity contribution in [2.75, 3.05) is 0 Å². The molecule has 189 valence electrons. The van der Waals surface area contributed by atoms with Crippen LogP contribution in [0.1, 0.15) is 63.8 Å². The summed E-state index contributed by atoms with van der Waals surface area (Å²) in [6.45, 7) is 18.1. The molecule has 1 aliphatic rings. The predicted molar refractivity (Wildman–Crippen MR) is 149 cm³/mol. The van der Waals surface area contributed by atoms with Crippen LogP contribution in [-0.2, 0) is 43.5 Å². The van der Waals surface area contributed by atoms with Crippen LogP contribution in [0.2, 0.25) is 13.1 Å². The maximum Gasteiger partial charge on any atom is 4.00 e. The summed E-state index contributed by atoms with van der Waals surface area (Å²) in [5, 5.41) is 2.66. The molecule has 0 bridgehead atoms. The van der Waals surface area contributed by atoms with Crippen LogP contribution in [0.5, 0.6) is 0 Å². The van der Waals surface area contributed by atoms with Crippen LogP contribution < -0.4 is 24.8 Å². The van der Waals surface area contributed by atoms with E-state index in [2.05, 4.69) is 133 Å². The molecule has 0 aliphatic heterocycles. The number of hydrogen-bond donors (Lipinski definition) is 0. The molecule has 0 N–H and O–H groups in total. The van der Waals surface area contributed by atoms with Crippen molar-refractivity contribution >= 4 is 20.3 Å². The monoisotopic (exact) mass is 611 g/mol. The van der Waals surface area contributed by atoms with E-state index in [1.165, 1.54) is 44.2 Å². The third-order valence-electron chi connectivity index (χ3n) is 6.07. The Morgan fingerprint density at radius 3 is 1.94 bits per heavy atom. The molecule has 36 heavy (non-hydrogen) atoms. The van der Waals surface area contributed by atoms with E-state index >= 15 is 0 Å². The molecule has 1 radical (unpaired) electrons. The van der Waals surface area contributed by atoms with Gasteiger partial charge < -0.3 is 24.8 Å². The Labute approximate surface area is 253 Å². The molecule has 1 aliphatic carbocycles. The van der Waals surface area contributed by atoms with Crippen molar-refractivity contribution in [2.45, 2.75) is 71.9 Å². The summed E-state index contributed by atoms with van der Waals surface area (Å²) in [5.74, 6) is 0. The van der Waals surface area contributed by atoms with E-state index < -0.39 is 0 Å². The van der Waals surface area contributed by atoms with Gasteiger partial charge in [-0.2, -0.15) is 46.8 Å². The van der Waals surface area contributed by atoms with Gasteiger partial charge in [0.2, 0.25) is 0 Å². The van der Waals surface area contributed by atoms with Crippen LogP contribution in [0.15, 0.2) is 72.8 Å². The Bertz CT molecular complexity index is 1120. The van der Waals surface area contributed by atoms with Gasteiger partial charge in [0.05, 0.1) is 0 Å². The molecule has 0 spiro atoms. The molecule has 0 atom stereocenters. The van der Waals surface area contributed by atoms with Gasteiger partial charge in [0, 0.05) is 9.52 Å². The first-order chi connectivity index (χ1) is 15.5. The second kappa shape index (κ2) is 14.8. The van der Waals surface area contributed by atoms with Gasteiger partial charge in [-0.1, -0.05) is 95.4 Å². The minimum absolute atomic E-state index is 0. The fourth-order valence-corrected chi connectivity index (χ4v) is 4.05. The first-order valence-corrected chi connectivity index (χ1v) is 14.4. The van der Waals surface area contributed by atoms with Crippen molar-refractivity contribution in [1.29, 1.82) is 0 Å². The summed E-state index contributed by atoms with van der Waals surface area (Å²) >= 11 is 0. The van der Waals surface area contributed by atoms with Crippen LogP contribution in [0, 0.1) is 6.07 Å². The van der Waals surface area contributed by atoms with E-state index in [-0.39, 0.29) is 61.8 Å². The van der Waals surface area contributed by atoms with E-state index in [1.54, 1.807) is 0 Å². The van der Waals surface area contributed by atoms with E-state index in [0.29, 0.717) is 0 Å². The van der Waals surface area contributed by atoms with Gasteiger partial charge in [0.1, 0.15) is 0 Å². The Morgan fingerprint density at radius 2 is 1.36 bits per heavy atom. The predicted octanol–water partition coefficient (Wildman–Crippen LogP) is 2.74. The molecule has 4 aromatic carbocycles. The molecule has 4 aromatic rings. The zero-order valence-corrected chi connectivity index (χ0v) is 28.1. The zero-order valence-electron chi connectivity index (χ0n) is 23.0. The molecule has 0 fully saturated rings. The summed E-state index contributed by atoms with van der Waals surface area (Å²) in [5.41, 5.74) is 8.76. The van der Waals surface area contributed by atoms with Crippen LogP contribution >= 0.6 is 0 Å². The SMILES string of the molecule is CC(C)(C)c1c[c-]c2c(c1)-c1cc(C(C)(C)C)ccc1C2.C[SiH]C.[Cl-].[Cl-].[Zr+4].c1ccc2[cH-]ccc2c1. The molecule has 0 nitrogen and oxygen atoms in total. The molecule has 4 heteroatoms. The minimum Gasteiger partial charge on any atom is -1.00 e. The van der Waals surface area contributed by atoms with Crippen molar-refractivity contribution in [1.82, 2.24) is 0 Å². The summed E-state index contributed by atoms with van der Waals surface area (Å²) in [7, 11) is 0.750. The standard InChI is InChI=1S/C21H25.C9H7.C2H7Si.2ClH.Zr/c1-20(2,3)16-9-7-14-11-15-8-10-17(21(4,5)6)13-19(15)18(14)12-16;1-2-5-9-7-3-6-8(9)4-1;1-3-2;;;/h7,9-10,12-13H,11H2,1-6H3;1-7H;3H,1-2H3;2*1H;/q2*-1;;;;+4/p-2. The second-order valence-electron chi connectivity index (χ2n) is 11.1. The molecular weight excluding hydrogens is 575 g/mol. The average molecular weight is 614 g/mol. The van der Waals surface area contributed by atoms with Crippen molar-refractivity contribution in [3.8, 4) is 11.1 Å². The molecule has 0 heterocycles. The van der Waals surface area contributed by atoms with Crippen molar-refractivity contribution in [2.24, 2.45) is 0 Å². The number of rotatable bonds is 0. The molecule has 0 saturated heterocycles. The maximum atomic E-state index is 3.53. The second-order valence-corrected chi connectivity index (χ2v) is 12.2. The van der Waals surface area contributed by atoms with Crippen LogP contribution in [0.25, 0.3) is 21.9 Å². The van der Waals surface area contributed by atoms with Crippen molar-refractivity contribution < 1.29 is 51.0 Å². The molecule has 5 rings (SSSR count). The van der Waals surface area contributed by atoms with Crippen LogP contribution in [-0.4, -0.2) is 9.52 Å². The fourth-order valence-electron chi connectivity index (χ4n) is 4.05. The minimum atomic E-state index is 0. The number of fused-ring (bicyclic) bond motifs is 4. The molecule has 0 aromatic heterocycles. The summed E-state index contributed by atoms with van der Waals surface area (Å²) < 4.78 is 0. The van der Waals surface area contributed by atoms with Gasteiger partial charge in [0.25, 0.3) is 0 Å². The average Bonchev–Trinajstić information content (AvgIpc) is 3.37. The van der Waals surface area contributed by atoms with E-state index in [1.807, 2.05) is 0 Å². The van der Waals surface area contributed by atoms with E-state index in [4.69, 9.17) is 0 Å². The molecular formula is C32H39Cl2SiZr. The van der Waals surface area contributed by atoms with Gasteiger partial charge in [-0.15, -0.1) is 35.2 Å². The third kappa shape index (κ3) is 8.76. The van der Waals surface area contributed by atoms with Crippen LogP contribution in [0.4, 0.5) is 0 Å². The largest absolute Gasteiger partial charge is 4.00 e. The summed E-state index contributed by atoms with van der Waals surface area (Å²) in [6, 6.07) is 29.7. The van der Waals surface area contributed by atoms with E-state index in [9.17, 15) is 0 Å². The van der Waals surface area contributed by atoms with Crippen molar-refractivity contribution in [3.63, 3.8) is 0 Å². The van der Waals surface area contributed by atoms with Gasteiger partial charge in [-0.25, -0.2) is 0 Å². The fraction of sp³-hybridized carbons (Fsp3) is 0.344. The van der Waals surface area contributed by atoms with Gasteiger partial charge >= 0.3 is 26.2 Å². The Morgan fingerprint density at radius 1 is 0.778 bits per heavy atom. The quantitative estimate of drug-likeness (QED) is 0.186.